The van der Waals surface area contributed by atoms with Crippen molar-refractivity contribution in [2.75, 3.05) is 19.6 Å². The molecule has 2 rings (SSSR count). The number of amides is 2. The maximum absolute atomic E-state index is 14.4. The Hall–Kier alpha value is -2.31. The van der Waals surface area contributed by atoms with E-state index < -0.39 is 23.5 Å². The van der Waals surface area contributed by atoms with Crippen molar-refractivity contribution in [1.29, 1.82) is 0 Å². The zero-order chi connectivity index (χ0) is 17.8. The fraction of sp³-hybridized carbons (Fsp3) is 0.529. The number of carbonyl (C=O) groups is 2. The summed E-state index contributed by atoms with van der Waals surface area (Å²) in [6.45, 7) is 4.94. The van der Waals surface area contributed by atoms with Crippen molar-refractivity contribution in [2.45, 2.75) is 38.6 Å². The first-order valence-corrected chi connectivity index (χ1v) is 7.78. The molecule has 0 spiro atoms. The highest BCUT2D eigenvalue weighted by molar-refractivity contribution is 5.70. The third kappa shape index (κ3) is 5.40. The Kier molecular flexibility index (Phi) is 5.31. The monoisotopic (exact) mass is 338 g/mol. The van der Waals surface area contributed by atoms with E-state index in [2.05, 4.69) is 5.32 Å². The van der Waals surface area contributed by atoms with Crippen LogP contribution in [0.1, 0.15) is 26.3 Å². The van der Waals surface area contributed by atoms with Crippen molar-refractivity contribution < 1.29 is 23.5 Å². The molecular formula is C17H23FN2O4. The summed E-state index contributed by atoms with van der Waals surface area (Å²) in [7, 11) is 0. The smallest absolute Gasteiger partial charge is 0.410 e. The molecule has 7 heteroatoms. The van der Waals surface area contributed by atoms with Crippen LogP contribution in [0.5, 0.6) is 0 Å². The van der Waals surface area contributed by atoms with Gasteiger partial charge in [0.15, 0.2) is 5.67 Å². The van der Waals surface area contributed by atoms with Crippen LogP contribution in [0.4, 0.5) is 14.0 Å². The zero-order valence-electron chi connectivity index (χ0n) is 14.2. The minimum atomic E-state index is -1.65. The van der Waals surface area contributed by atoms with Gasteiger partial charge in [0.2, 0.25) is 0 Å². The van der Waals surface area contributed by atoms with Crippen LogP contribution in [0.2, 0.25) is 0 Å². The first kappa shape index (κ1) is 18.0. The second-order valence-corrected chi connectivity index (χ2v) is 6.90. The van der Waals surface area contributed by atoms with Gasteiger partial charge in [-0.25, -0.2) is 14.0 Å². The van der Waals surface area contributed by atoms with Gasteiger partial charge in [-0.15, -0.1) is 0 Å². The van der Waals surface area contributed by atoms with E-state index in [1.54, 1.807) is 20.8 Å². The Morgan fingerprint density at radius 1 is 1.25 bits per heavy atom. The van der Waals surface area contributed by atoms with E-state index in [-0.39, 0.29) is 26.2 Å². The van der Waals surface area contributed by atoms with Crippen LogP contribution in [0.25, 0.3) is 0 Å². The molecule has 0 atom stereocenters. The lowest BCUT2D eigenvalue weighted by Gasteiger charge is -2.44. The third-order valence-electron chi connectivity index (χ3n) is 3.36. The standard InChI is InChI=1S/C17H23FN2O4/c1-16(2,3)24-15(22)20-11-17(18,12-20)10-19-14(21)23-9-13-7-5-4-6-8-13/h4-8H,9-12H2,1-3H3,(H,19,21). The average Bonchev–Trinajstić information content (AvgIpc) is 2.47. The third-order valence-corrected chi connectivity index (χ3v) is 3.36. The Morgan fingerprint density at radius 2 is 1.88 bits per heavy atom. The average molecular weight is 338 g/mol. The van der Waals surface area contributed by atoms with Crippen LogP contribution in [-0.4, -0.2) is 48.0 Å². The molecule has 1 saturated heterocycles. The minimum absolute atomic E-state index is 0.110. The number of likely N-dealkylation sites (tertiary alicyclic amines) is 1. The number of alkyl halides is 1. The number of hydrogen-bond acceptors (Lipinski definition) is 4. The number of nitrogens with zero attached hydrogens (tertiary/aromatic N) is 1. The maximum atomic E-state index is 14.4. The Labute approximate surface area is 140 Å². The van der Waals surface area contributed by atoms with E-state index in [4.69, 9.17) is 9.47 Å². The molecule has 1 heterocycles. The molecular weight excluding hydrogens is 315 g/mol. The number of ether oxygens (including phenoxy) is 2. The molecule has 0 unspecified atom stereocenters. The highest BCUT2D eigenvalue weighted by atomic mass is 19.1. The van der Waals surface area contributed by atoms with Gasteiger partial charge in [-0.3, -0.25) is 0 Å². The van der Waals surface area contributed by atoms with Crippen LogP contribution in [0.15, 0.2) is 30.3 Å². The number of carbonyl (C=O) groups excluding carboxylic acids is 2. The SMILES string of the molecule is CC(C)(C)OC(=O)N1CC(F)(CNC(=O)OCc2ccccc2)C1. The molecule has 24 heavy (non-hydrogen) atoms. The number of alkyl carbamates (subject to hydrolysis) is 1. The molecule has 0 saturated carbocycles. The number of benzene rings is 1. The van der Waals surface area contributed by atoms with Crippen molar-refractivity contribution in [3.8, 4) is 0 Å². The number of nitrogens with one attached hydrogen (secondary N) is 1. The van der Waals surface area contributed by atoms with Gasteiger partial charge in [0.25, 0.3) is 0 Å². The summed E-state index contributed by atoms with van der Waals surface area (Å²) in [5.41, 5.74) is -1.42. The quantitative estimate of drug-likeness (QED) is 0.917. The summed E-state index contributed by atoms with van der Waals surface area (Å²) < 4.78 is 24.5. The van der Waals surface area contributed by atoms with Crippen molar-refractivity contribution in [1.82, 2.24) is 10.2 Å². The molecule has 2 amide bonds. The second kappa shape index (κ2) is 7.07. The van der Waals surface area contributed by atoms with Crippen LogP contribution in [-0.2, 0) is 16.1 Å². The van der Waals surface area contributed by atoms with E-state index in [1.165, 1.54) is 4.90 Å². The fourth-order valence-corrected chi connectivity index (χ4v) is 2.21. The van der Waals surface area contributed by atoms with Crippen LogP contribution in [0, 0.1) is 0 Å². The van der Waals surface area contributed by atoms with Gasteiger partial charge in [0, 0.05) is 0 Å². The van der Waals surface area contributed by atoms with Gasteiger partial charge in [-0.2, -0.15) is 0 Å². The van der Waals surface area contributed by atoms with Crippen molar-refractivity contribution in [3.63, 3.8) is 0 Å². The molecule has 1 aliphatic rings. The molecule has 6 nitrogen and oxygen atoms in total. The van der Waals surface area contributed by atoms with E-state index in [0.29, 0.717) is 0 Å². The molecule has 0 radical (unpaired) electrons. The van der Waals surface area contributed by atoms with Gasteiger partial charge in [-0.1, -0.05) is 30.3 Å². The molecule has 1 aromatic rings. The molecule has 0 bridgehead atoms. The fourth-order valence-electron chi connectivity index (χ4n) is 2.21. The Morgan fingerprint density at radius 3 is 2.46 bits per heavy atom. The molecule has 1 aliphatic heterocycles. The van der Waals surface area contributed by atoms with Gasteiger partial charge in [0.1, 0.15) is 12.2 Å². The number of rotatable bonds is 4. The zero-order valence-corrected chi connectivity index (χ0v) is 14.2. The lowest BCUT2D eigenvalue weighted by Crippen LogP contribution is -2.65. The van der Waals surface area contributed by atoms with Crippen LogP contribution < -0.4 is 5.32 Å². The first-order valence-electron chi connectivity index (χ1n) is 7.78. The summed E-state index contributed by atoms with van der Waals surface area (Å²) in [5, 5.41) is 2.39. The number of hydrogen-bond donors (Lipinski definition) is 1. The lowest BCUT2D eigenvalue weighted by molar-refractivity contribution is -0.0492. The van der Waals surface area contributed by atoms with Gasteiger partial charge in [0.05, 0.1) is 19.6 Å². The molecule has 1 aromatic carbocycles. The van der Waals surface area contributed by atoms with Gasteiger partial charge >= 0.3 is 12.2 Å². The molecule has 1 fully saturated rings. The molecule has 1 N–H and O–H groups in total. The lowest BCUT2D eigenvalue weighted by atomic mass is 9.97. The van der Waals surface area contributed by atoms with E-state index >= 15 is 0 Å². The molecule has 0 aliphatic carbocycles. The largest absolute Gasteiger partial charge is 0.445 e. The summed E-state index contributed by atoms with van der Waals surface area (Å²) >= 11 is 0. The Bertz CT molecular complexity index is 580. The van der Waals surface area contributed by atoms with Crippen molar-refractivity contribution >= 4 is 12.2 Å². The second-order valence-electron chi connectivity index (χ2n) is 6.90. The predicted octanol–water partition coefficient (Wildman–Crippen LogP) is 2.87. The topological polar surface area (TPSA) is 67.9 Å². The van der Waals surface area contributed by atoms with Gasteiger partial charge < -0.3 is 19.7 Å². The molecule has 132 valence electrons. The summed E-state index contributed by atoms with van der Waals surface area (Å²) in [6.07, 6.45) is -1.24. The molecule has 0 aromatic heterocycles. The van der Waals surface area contributed by atoms with E-state index in [1.807, 2.05) is 30.3 Å². The van der Waals surface area contributed by atoms with Crippen LogP contribution in [0.3, 0.4) is 0 Å². The Balaban J connectivity index is 1.67. The highest BCUT2D eigenvalue weighted by Crippen LogP contribution is 2.26. The summed E-state index contributed by atoms with van der Waals surface area (Å²) in [6, 6.07) is 9.20. The highest BCUT2D eigenvalue weighted by Gasteiger charge is 2.47. The normalized spacial score (nSPS) is 16.1. The summed E-state index contributed by atoms with van der Waals surface area (Å²) in [5.74, 6) is 0. The summed E-state index contributed by atoms with van der Waals surface area (Å²) in [4.78, 5) is 24.6. The first-order chi connectivity index (χ1) is 11.2. The van der Waals surface area contributed by atoms with Crippen molar-refractivity contribution in [3.05, 3.63) is 35.9 Å². The minimum Gasteiger partial charge on any atom is -0.445 e. The van der Waals surface area contributed by atoms with E-state index in [0.717, 1.165) is 5.56 Å². The van der Waals surface area contributed by atoms with Crippen molar-refractivity contribution in [2.24, 2.45) is 0 Å². The maximum Gasteiger partial charge on any atom is 0.410 e. The van der Waals surface area contributed by atoms with Crippen LogP contribution >= 0.6 is 0 Å². The van der Waals surface area contributed by atoms with Gasteiger partial charge in [-0.05, 0) is 26.3 Å². The predicted molar refractivity (Wildman–Crippen MR) is 86.3 cm³/mol. The number of halogens is 1. The van der Waals surface area contributed by atoms with E-state index in [9.17, 15) is 14.0 Å².